The molecule has 0 spiro atoms. The van der Waals surface area contributed by atoms with Crippen LogP contribution in [-0.4, -0.2) is 69.4 Å². The number of hydrogen-bond acceptors (Lipinski definition) is 9. The number of aromatic nitrogens is 4. The Bertz CT molecular complexity index is 936. The van der Waals surface area contributed by atoms with Crippen LogP contribution >= 0.6 is 0 Å². The molecule has 0 unspecified atom stereocenters. The minimum atomic E-state index is -0.681. The number of nitrogens with zero attached hydrogens (tertiary/aromatic N) is 5. The second-order valence-corrected chi connectivity index (χ2v) is 7.42. The molecule has 1 aliphatic rings. The summed E-state index contributed by atoms with van der Waals surface area (Å²) in [6, 6.07) is 0. The summed E-state index contributed by atoms with van der Waals surface area (Å²) in [6.45, 7) is 9.21. The summed E-state index contributed by atoms with van der Waals surface area (Å²) in [6.07, 6.45) is 0.540. The minimum absolute atomic E-state index is 0.0416. The maximum Gasteiger partial charge on any atom is 0.419 e. The van der Waals surface area contributed by atoms with Gasteiger partial charge in [0, 0.05) is 13.1 Å². The zero-order valence-corrected chi connectivity index (χ0v) is 16.4. The van der Waals surface area contributed by atoms with Crippen molar-refractivity contribution >= 4 is 29.2 Å². The Morgan fingerprint density at radius 1 is 1.21 bits per heavy atom. The summed E-state index contributed by atoms with van der Waals surface area (Å²) in [4.78, 5) is 54.7. The van der Waals surface area contributed by atoms with Crippen molar-refractivity contribution in [1.29, 1.82) is 0 Å². The lowest BCUT2D eigenvalue weighted by molar-refractivity contribution is -0.201. The van der Waals surface area contributed by atoms with E-state index in [-0.39, 0.29) is 23.7 Å². The van der Waals surface area contributed by atoms with Crippen LogP contribution in [0.1, 0.15) is 27.7 Å². The van der Waals surface area contributed by atoms with Gasteiger partial charge in [0.25, 0.3) is 5.56 Å². The quantitative estimate of drug-likeness (QED) is 0.806. The van der Waals surface area contributed by atoms with E-state index in [9.17, 15) is 14.4 Å². The predicted octanol–water partition coefficient (Wildman–Crippen LogP) is 0.750. The zero-order chi connectivity index (χ0) is 20.5. The number of anilines is 1. The van der Waals surface area contributed by atoms with Gasteiger partial charge in [-0.1, -0.05) is 0 Å². The van der Waals surface area contributed by atoms with Crippen LogP contribution in [-0.2, 0) is 14.4 Å². The van der Waals surface area contributed by atoms with E-state index in [1.807, 2.05) is 4.90 Å². The van der Waals surface area contributed by atoms with Crippen LogP contribution in [0.5, 0.6) is 0 Å². The van der Waals surface area contributed by atoms with E-state index in [4.69, 9.17) is 9.57 Å². The van der Waals surface area contributed by atoms with E-state index in [1.165, 1.54) is 6.33 Å². The first-order valence-electron chi connectivity index (χ1n) is 9.07. The Morgan fingerprint density at radius 3 is 2.50 bits per heavy atom. The van der Waals surface area contributed by atoms with Gasteiger partial charge in [0.15, 0.2) is 11.2 Å². The molecule has 28 heavy (non-hydrogen) atoms. The fraction of sp³-hybridized carbons (Fsp3) is 0.588. The van der Waals surface area contributed by atoms with Crippen LogP contribution < -0.4 is 10.5 Å². The molecule has 0 aliphatic carbocycles. The van der Waals surface area contributed by atoms with Gasteiger partial charge in [0.2, 0.25) is 5.95 Å². The highest BCUT2D eigenvalue weighted by atomic mass is 16.7. The number of nitrogens with one attached hydrogen (secondary N) is 1. The minimum Gasteiger partial charge on any atom is -0.449 e. The molecule has 2 aromatic rings. The molecule has 1 aliphatic heterocycles. The number of fused-ring (bicyclic) bond motifs is 1. The van der Waals surface area contributed by atoms with E-state index in [0.717, 1.165) is 4.57 Å². The lowest BCUT2D eigenvalue weighted by atomic mass is 9.98. The van der Waals surface area contributed by atoms with Gasteiger partial charge in [0.05, 0.1) is 25.1 Å². The molecule has 0 atom stereocenters. The Labute approximate surface area is 161 Å². The first-order valence-corrected chi connectivity index (χ1v) is 9.07. The van der Waals surface area contributed by atoms with Crippen LogP contribution in [0.25, 0.3) is 11.2 Å². The topological polar surface area (TPSA) is 123 Å². The van der Waals surface area contributed by atoms with Crippen molar-refractivity contribution in [3.05, 3.63) is 16.7 Å². The second kappa shape index (κ2) is 7.58. The van der Waals surface area contributed by atoms with Crippen LogP contribution in [0, 0.1) is 5.41 Å². The van der Waals surface area contributed by atoms with Crippen LogP contribution in [0.2, 0.25) is 0 Å². The number of hydroxylamine groups is 2. The molecule has 1 N–H and O–H groups in total. The predicted molar refractivity (Wildman–Crippen MR) is 99.9 cm³/mol. The molecule has 11 heteroatoms. The van der Waals surface area contributed by atoms with Gasteiger partial charge in [-0.25, -0.2) is 19.1 Å². The highest BCUT2D eigenvalue weighted by molar-refractivity contribution is 5.84. The standard InChI is InChI=1S/C17H24N6O5/c1-5-27-16(26)23-10-18-12-11(23)13(24)20-15(19-12)21-6-8-22(9-7-21)28-14(25)17(2,3)4/h10H,5-9H2,1-4H3,(H,19,20,24). The largest absolute Gasteiger partial charge is 0.449 e. The Hall–Kier alpha value is -2.95. The highest BCUT2D eigenvalue weighted by Gasteiger charge is 2.28. The molecule has 0 amide bonds. The summed E-state index contributed by atoms with van der Waals surface area (Å²) in [5.74, 6) is 0.0619. The number of piperazine rings is 1. The molecular formula is C17H24N6O5. The third kappa shape index (κ3) is 3.98. The van der Waals surface area contributed by atoms with Crippen molar-refractivity contribution in [3.63, 3.8) is 0 Å². The molecule has 2 aromatic heterocycles. The Morgan fingerprint density at radius 2 is 1.89 bits per heavy atom. The third-order valence-electron chi connectivity index (χ3n) is 4.23. The molecule has 0 bridgehead atoms. The zero-order valence-electron chi connectivity index (χ0n) is 16.4. The van der Waals surface area contributed by atoms with Crippen LogP contribution in [0.15, 0.2) is 11.1 Å². The summed E-state index contributed by atoms with van der Waals surface area (Å²) in [5, 5.41) is 1.61. The molecule has 11 nitrogen and oxygen atoms in total. The van der Waals surface area contributed by atoms with E-state index in [2.05, 4.69) is 15.0 Å². The number of ether oxygens (including phenoxy) is 1. The van der Waals surface area contributed by atoms with Crippen molar-refractivity contribution in [1.82, 2.24) is 24.6 Å². The van der Waals surface area contributed by atoms with Crippen molar-refractivity contribution in [2.75, 3.05) is 37.7 Å². The highest BCUT2D eigenvalue weighted by Crippen LogP contribution is 2.18. The summed E-state index contributed by atoms with van der Waals surface area (Å²) in [7, 11) is 0. The van der Waals surface area contributed by atoms with Gasteiger partial charge in [-0.15, -0.1) is 5.06 Å². The molecule has 3 rings (SSSR count). The van der Waals surface area contributed by atoms with Gasteiger partial charge in [-0.3, -0.25) is 9.78 Å². The fourth-order valence-corrected chi connectivity index (χ4v) is 2.65. The molecule has 1 fully saturated rings. The van der Waals surface area contributed by atoms with E-state index >= 15 is 0 Å². The van der Waals surface area contributed by atoms with Crippen LogP contribution in [0.3, 0.4) is 0 Å². The average molecular weight is 392 g/mol. The van der Waals surface area contributed by atoms with Gasteiger partial charge in [-0.05, 0) is 27.7 Å². The van der Waals surface area contributed by atoms with Gasteiger partial charge < -0.3 is 14.5 Å². The lowest BCUT2D eigenvalue weighted by Crippen LogP contribution is -2.48. The molecule has 152 valence electrons. The van der Waals surface area contributed by atoms with Crippen molar-refractivity contribution < 1.29 is 19.2 Å². The molecule has 3 heterocycles. The summed E-state index contributed by atoms with van der Waals surface area (Å²) < 4.78 is 5.95. The third-order valence-corrected chi connectivity index (χ3v) is 4.23. The Balaban J connectivity index is 1.73. The second-order valence-electron chi connectivity index (χ2n) is 7.42. The lowest BCUT2D eigenvalue weighted by Gasteiger charge is -2.34. The monoisotopic (exact) mass is 392 g/mol. The van der Waals surface area contributed by atoms with E-state index < -0.39 is 17.1 Å². The van der Waals surface area contributed by atoms with Gasteiger partial charge in [0.1, 0.15) is 6.33 Å². The first kappa shape index (κ1) is 19.8. The first-order chi connectivity index (χ1) is 13.2. The number of rotatable bonds is 3. The van der Waals surface area contributed by atoms with Gasteiger partial charge >= 0.3 is 12.1 Å². The SMILES string of the molecule is CCOC(=O)n1cnc2nc(N3CCN(OC(=O)C(C)(C)C)CC3)[nH]c(=O)c21. The summed E-state index contributed by atoms with van der Waals surface area (Å²) >= 11 is 0. The van der Waals surface area contributed by atoms with Crippen molar-refractivity contribution in [2.24, 2.45) is 5.41 Å². The van der Waals surface area contributed by atoms with Crippen molar-refractivity contribution in [2.45, 2.75) is 27.7 Å². The number of carbonyl (C=O) groups is 2. The normalized spacial score (nSPS) is 15.6. The van der Waals surface area contributed by atoms with E-state index in [0.29, 0.717) is 32.1 Å². The smallest absolute Gasteiger partial charge is 0.419 e. The fourth-order valence-electron chi connectivity index (χ4n) is 2.65. The molecule has 0 saturated carbocycles. The summed E-state index contributed by atoms with van der Waals surface area (Å²) in [5.41, 5.74) is -0.854. The van der Waals surface area contributed by atoms with Gasteiger partial charge in [-0.2, -0.15) is 4.98 Å². The molecular weight excluding hydrogens is 368 g/mol. The molecule has 0 radical (unpaired) electrons. The van der Waals surface area contributed by atoms with Crippen LogP contribution in [0.4, 0.5) is 10.7 Å². The number of imidazole rings is 1. The average Bonchev–Trinajstić information content (AvgIpc) is 3.06. The molecule has 0 aromatic carbocycles. The maximum atomic E-state index is 12.5. The van der Waals surface area contributed by atoms with Crippen molar-refractivity contribution in [3.8, 4) is 0 Å². The molecule has 1 saturated heterocycles. The Kier molecular flexibility index (Phi) is 5.36. The van der Waals surface area contributed by atoms with E-state index in [1.54, 1.807) is 32.8 Å². The number of aromatic amines is 1. The number of hydrogen-bond donors (Lipinski definition) is 1. The maximum absolute atomic E-state index is 12.5. The number of H-pyrrole nitrogens is 1. The number of carbonyl (C=O) groups excluding carboxylic acids is 2.